The van der Waals surface area contributed by atoms with Gasteiger partial charge in [-0.15, -0.1) is 24.0 Å². The monoisotopic (exact) mass is 513 g/mol. The van der Waals surface area contributed by atoms with Gasteiger partial charge in [-0.05, 0) is 6.42 Å². The summed E-state index contributed by atoms with van der Waals surface area (Å²) in [5.74, 6) is 2.42. The van der Waals surface area contributed by atoms with Gasteiger partial charge in [0.2, 0.25) is 0 Å². The molecule has 0 aromatic carbocycles. The van der Waals surface area contributed by atoms with E-state index in [9.17, 15) is 0 Å². The Labute approximate surface area is 187 Å². The van der Waals surface area contributed by atoms with Gasteiger partial charge in [-0.1, -0.05) is 19.0 Å². The van der Waals surface area contributed by atoms with Crippen molar-refractivity contribution < 1.29 is 4.52 Å². The van der Waals surface area contributed by atoms with E-state index in [4.69, 9.17) is 4.52 Å². The summed E-state index contributed by atoms with van der Waals surface area (Å²) in [7, 11) is 3.61. The Balaban J connectivity index is 0.00000300. The van der Waals surface area contributed by atoms with Crippen LogP contribution in [0.3, 0.4) is 0 Å². The molecule has 3 rings (SSSR count). The van der Waals surface area contributed by atoms with Crippen LogP contribution in [0.15, 0.2) is 22.0 Å². The summed E-state index contributed by atoms with van der Waals surface area (Å²) >= 11 is 0. The maximum Gasteiger partial charge on any atom is 0.191 e. The van der Waals surface area contributed by atoms with E-state index in [-0.39, 0.29) is 24.0 Å². The second-order valence-corrected chi connectivity index (χ2v) is 6.25. The van der Waals surface area contributed by atoms with E-state index in [0.717, 1.165) is 52.7 Å². The zero-order valence-electron chi connectivity index (χ0n) is 17.2. The van der Waals surface area contributed by atoms with E-state index >= 15 is 0 Å². The minimum absolute atomic E-state index is 0. The Hall–Kier alpha value is -2.44. The maximum absolute atomic E-state index is 5.41. The lowest BCUT2D eigenvalue weighted by atomic mass is 10.1. The summed E-state index contributed by atoms with van der Waals surface area (Å²) in [6.07, 6.45) is 4.97. The highest BCUT2D eigenvalue weighted by atomic mass is 127. The highest BCUT2D eigenvalue weighted by Gasteiger charge is 2.13. The second kappa shape index (κ2) is 10.9. The number of nitrogens with one attached hydrogen (secondary N) is 3. The molecule has 0 aliphatic heterocycles. The van der Waals surface area contributed by atoms with Crippen LogP contribution in [0.25, 0.3) is 11.0 Å². The van der Waals surface area contributed by atoms with Crippen LogP contribution in [0.2, 0.25) is 0 Å². The van der Waals surface area contributed by atoms with Gasteiger partial charge in [0, 0.05) is 45.7 Å². The van der Waals surface area contributed by atoms with Gasteiger partial charge in [-0.25, -0.2) is 9.97 Å². The first-order valence-electron chi connectivity index (χ1n) is 9.45. The van der Waals surface area contributed by atoms with E-state index < -0.39 is 0 Å². The number of rotatable bonds is 8. The van der Waals surface area contributed by atoms with Crippen LogP contribution in [0.4, 0.5) is 5.82 Å². The van der Waals surface area contributed by atoms with E-state index in [1.54, 1.807) is 17.9 Å². The number of aliphatic imine (C=N–C) groups is 1. The quantitative estimate of drug-likeness (QED) is 0.181. The maximum atomic E-state index is 5.41. The van der Waals surface area contributed by atoms with E-state index in [0.29, 0.717) is 19.6 Å². The average Bonchev–Trinajstić information content (AvgIpc) is 3.30. The summed E-state index contributed by atoms with van der Waals surface area (Å²) in [6, 6.07) is 0. The number of halogens is 1. The second-order valence-electron chi connectivity index (χ2n) is 6.25. The Kier molecular flexibility index (Phi) is 8.61. The fourth-order valence-corrected chi connectivity index (χ4v) is 3.00. The van der Waals surface area contributed by atoms with Crippen molar-refractivity contribution in [2.75, 3.05) is 25.5 Å². The van der Waals surface area contributed by atoms with E-state index in [1.807, 2.05) is 7.05 Å². The van der Waals surface area contributed by atoms with Crippen molar-refractivity contribution in [3.8, 4) is 0 Å². The first-order chi connectivity index (χ1) is 13.7. The lowest BCUT2D eigenvalue weighted by Crippen LogP contribution is -2.39. The van der Waals surface area contributed by atoms with Crippen molar-refractivity contribution in [1.29, 1.82) is 0 Å². The van der Waals surface area contributed by atoms with Crippen molar-refractivity contribution in [2.24, 2.45) is 12.0 Å². The molecule has 0 spiro atoms. The molecule has 29 heavy (non-hydrogen) atoms. The lowest BCUT2D eigenvalue weighted by molar-refractivity contribution is 0.380. The molecule has 158 valence electrons. The number of fused-ring (bicyclic) bond motifs is 1. The first-order valence-corrected chi connectivity index (χ1v) is 9.45. The lowest BCUT2D eigenvalue weighted by Gasteiger charge is -2.13. The molecule has 0 bridgehead atoms. The molecule has 0 saturated carbocycles. The average molecular weight is 513 g/mol. The summed E-state index contributed by atoms with van der Waals surface area (Å²) < 4.78 is 7.14. The molecule has 3 heterocycles. The van der Waals surface area contributed by atoms with Gasteiger partial charge in [0.05, 0.1) is 17.3 Å². The number of nitrogens with zero attached hydrogens (tertiary/aromatic N) is 6. The van der Waals surface area contributed by atoms with Gasteiger partial charge in [0.15, 0.2) is 11.6 Å². The van der Waals surface area contributed by atoms with Crippen LogP contribution < -0.4 is 16.0 Å². The fraction of sp³-hybridized carbons (Fsp3) is 0.500. The molecule has 0 unspecified atom stereocenters. The Morgan fingerprint density at radius 3 is 2.72 bits per heavy atom. The Morgan fingerprint density at radius 1 is 1.17 bits per heavy atom. The number of aryl methyl sites for hydroxylation is 3. The molecule has 0 atom stereocenters. The van der Waals surface area contributed by atoms with Crippen LogP contribution in [-0.4, -0.2) is 51.0 Å². The van der Waals surface area contributed by atoms with Crippen LogP contribution in [0, 0.1) is 0 Å². The molecule has 11 heteroatoms. The van der Waals surface area contributed by atoms with Crippen LogP contribution >= 0.6 is 24.0 Å². The van der Waals surface area contributed by atoms with Crippen molar-refractivity contribution >= 4 is 46.8 Å². The third-order valence-electron chi connectivity index (χ3n) is 4.50. The first kappa shape index (κ1) is 22.8. The fourth-order valence-electron chi connectivity index (χ4n) is 3.00. The molecule has 0 radical (unpaired) electrons. The molecular weight excluding hydrogens is 485 g/mol. The standard InChI is InChI=1S/C18H27N9O.HI/c1-5-14-12(15(6-2)28-26-14)9-22-18(19-3)21-8-7-20-16-13-10-25-27(4)17(13)24-11-23-16;/h10-11H,5-9H2,1-4H3,(H2,19,21,22)(H,20,23,24);1H. The van der Waals surface area contributed by atoms with Gasteiger partial charge in [0.25, 0.3) is 0 Å². The number of hydrogen-bond donors (Lipinski definition) is 3. The molecule has 0 fully saturated rings. The molecule has 0 aliphatic carbocycles. The molecule has 3 aromatic rings. The molecule has 0 amide bonds. The number of anilines is 1. The van der Waals surface area contributed by atoms with Crippen molar-refractivity contribution in [1.82, 2.24) is 35.5 Å². The molecule has 0 aliphatic rings. The topological polar surface area (TPSA) is 118 Å². The van der Waals surface area contributed by atoms with Gasteiger partial charge in [-0.3, -0.25) is 9.67 Å². The predicted molar refractivity (Wildman–Crippen MR) is 124 cm³/mol. The SMILES string of the molecule is CCc1noc(CC)c1CNC(=NC)NCCNc1ncnc2c1cnn2C.I. The van der Waals surface area contributed by atoms with Crippen molar-refractivity contribution in [2.45, 2.75) is 33.2 Å². The highest BCUT2D eigenvalue weighted by Crippen LogP contribution is 2.17. The smallest absolute Gasteiger partial charge is 0.191 e. The molecular formula is C18H28IN9O. The van der Waals surface area contributed by atoms with Gasteiger partial charge < -0.3 is 20.5 Å². The number of aromatic nitrogens is 5. The van der Waals surface area contributed by atoms with E-state index in [2.05, 4.69) is 55.0 Å². The molecule has 3 aromatic heterocycles. The summed E-state index contributed by atoms with van der Waals surface area (Å²) in [5, 5.41) is 19.2. The van der Waals surface area contributed by atoms with E-state index in [1.165, 1.54) is 6.33 Å². The highest BCUT2D eigenvalue weighted by molar-refractivity contribution is 14.0. The molecule has 10 nitrogen and oxygen atoms in total. The van der Waals surface area contributed by atoms with Crippen LogP contribution in [-0.2, 0) is 26.4 Å². The minimum Gasteiger partial charge on any atom is -0.368 e. The Morgan fingerprint density at radius 2 is 2.00 bits per heavy atom. The van der Waals surface area contributed by atoms with Crippen molar-refractivity contribution in [3.63, 3.8) is 0 Å². The van der Waals surface area contributed by atoms with Crippen LogP contribution in [0.1, 0.15) is 30.9 Å². The number of hydrogen-bond acceptors (Lipinski definition) is 7. The third-order valence-corrected chi connectivity index (χ3v) is 4.50. The van der Waals surface area contributed by atoms with Crippen LogP contribution in [0.5, 0.6) is 0 Å². The predicted octanol–water partition coefficient (Wildman–Crippen LogP) is 1.87. The molecule has 3 N–H and O–H groups in total. The van der Waals surface area contributed by atoms with Gasteiger partial charge in [0.1, 0.15) is 17.9 Å². The number of guanidine groups is 1. The third kappa shape index (κ3) is 5.34. The molecule has 0 saturated heterocycles. The zero-order valence-corrected chi connectivity index (χ0v) is 19.5. The zero-order chi connectivity index (χ0) is 19.9. The van der Waals surface area contributed by atoms with Crippen molar-refractivity contribution in [3.05, 3.63) is 29.5 Å². The van der Waals surface area contributed by atoms with Gasteiger partial charge >= 0.3 is 0 Å². The summed E-state index contributed by atoms with van der Waals surface area (Å²) in [6.45, 7) is 6.12. The minimum atomic E-state index is 0. The Bertz CT molecular complexity index is 929. The summed E-state index contributed by atoms with van der Waals surface area (Å²) in [5.41, 5.74) is 2.91. The summed E-state index contributed by atoms with van der Waals surface area (Å²) in [4.78, 5) is 12.8. The normalized spacial score (nSPS) is 11.4. The largest absolute Gasteiger partial charge is 0.368 e. The van der Waals surface area contributed by atoms with Gasteiger partial charge in [-0.2, -0.15) is 5.10 Å².